The van der Waals surface area contributed by atoms with Gasteiger partial charge in [0.2, 0.25) is 0 Å². The minimum absolute atomic E-state index is 0.0307. The summed E-state index contributed by atoms with van der Waals surface area (Å²) in [5, 5.41) is 2.42. The molecule has 4 N–H and O–H groups in total. The number of hydrogen-bond donors (Lipinski definition) is 3. The molecule has 0 aliphatic heterocycles. The van der Waals surface area contributed by atoms with Gasteiger partial charge < -0.3 is 20.5 Å². The Morgan fingerprint density at radius 1 is 1.05 bits per heavy atom. The van der Waals surface area contributed by atoms with Crippen molar-refractivity contribution < 1.29 is 23.9 Å². The van der Waals surface area contributed by atoms with Crippen LogP contribution >= 0.6 is 0 Å². The monoisotopic (exact) mass is 523 g/mol. The molecule has 0 radical (unpaired) electrons. The lowest BCUT2D eigenvalue weighted by Gasteiger charge is -2.24. The van der Waals surface area contributed by atoms with Gasteiger partial charge in [-0.1, -0.05) is 48.0 Å². The first-order valence-corrected chi connectivity index (χ1v) is 11.7. The number of H-pyrrole nitrogens is 1. The summed E-state index contributed by atoms with van der Waals surface area (Å²) in [6, 6.07) is 15.7. The van der Waals surface area contributed by atoms with E-state index >= 15 is 0 Å². The zero-order valence-corrected chi connectivity index (χ0v) is 21.1. The number of benzene rings is 2. The first-order valence-electron chi connectivity index (χ1n) is 11.7. The molecule has 0 aliphatic carbocycles. The van der Waals surface area contributed by atoms with Crippen LogP contribution in [0.4, 0.5) is 11.5 Å². The van der Waals surface area contributed by atoms with Crippen LogP contribution in [0.25, 0.3) is 0 Å². The summed E-state index contributed by atoms with van der Waals surface area (Å²) in [5.41, 5.74) is 6.40. The molecule has 0 saturated heterocycles. The molecule has 2 aromatic carbocycles. The fourth-order valence-corrected chi connectivity index (χ4v) is 3.54. The molecule has 0 unspecified atom stereocenters. The average molecular weight is 524 g/mol. The molecule has 0 atom stereocenters. The van der Waals surface area contributed by atoms with E-state index in [4.69, 9.17) is 15.2 Å². The van der Waals surface area contributed by atoms with E-state index in [1.165, 1.54) is 7.11 Å². The molecule has 0 bridgehead atoms. The third-order valence-electron chi connectivity index (χ3n) is 5.55. The summed E-state index contributed by atoms with van der Waals surface area (Å²) in [7, 11) is 1.41. The number of aryl methyl sites for hydroxylation is 1. The fraction of sp³-hybridized carbons (Fsp3) is 0.269. The highest BCUT2D eigenvalue weighted by Gasteiger charge is 2.25. The van der Waals surface area contributed by atoms with E-state index in [-0.39, 0.29) is 31.2 Å². The van der Waals surface area contributed by atoms with Gasteiger partial charge in [-0.05, 0) is 24.6 Å². The molecular weight excluding hydrogens is 494 g/mol. The molecule has 12 heteroatoms. The molecule has 200 valence electrons. The second kappa shape index (κ2) is 13.0. The Labute approximate surface area is 218 Å². The van der Waals surface area contributed by atoms with E-state index in [1.54, 1.807) is 48.5 Å². The number of ether oxygens (including phenoxy) is 2. The number of rotatable bonds is 11. The second-order valence-corrected chi connectivity index (χ2v) is 8.31. The number of anilines is 2. The van der Waals surface area contributed by atoms with Crippen molar-refractivity contribution >= 4 is 29.3 Å². The van der Waals surface area contributed by atoms with Gasteiger partial charge in [0.05, 0.1) is 13.2 Å². The molecular formula is C26H29N5O7. The summed E-state index contributed by atoms with van der Waals surface area (Å²) < 4.78 is 11.2. The van der Waals surface area contributed by atoms with Gasteiger partial charge in [-0.25, -0.2) is 4.79 Å². The Kier molecular flexibility index (Phi) is 9.54. The summed E-state index contributed by atoms with van der Waals surface area (Å²) in [5.74, 6) is -2.34. The third kappa shape index (κ3) is 7.17. The molecule has 0 fully saturated rings. The lowest BCUT2D eigenvalue weighted by Crippen LogP contribution is -2.44. The van der Waals surface area contributed by atoms with E-state index in [0.717, 1.165) is 20.6 Å². The number of hydrogen-bond acceptors (Lipinski definition) is 8. The first-order chi connectivity index (χ1) is 18.2. The van der Waals surface area contributed by atoms with Crippen molar-refractivity contribution in [2.45, 2.75) is 13.5 Å². The summed E-state index contributed by atoms with van der Waals surface area (Å²) >= 11 is 0. The van der Waals surface area contributed by atoms with Gasteiger partial charge in [0.25, 0.3) is 17.4 Å². The predicted octanol–water partition coefficient (Wildman–Crippen LogP) is 0.428. The van der Waals surface area contributed by atoms with Gasteiger partial charge in [-0.2, -0.15) is 0 Å². The Balaban J connectivity index is 1.72. The van der Waals surface area contributed by atoms with Crippen molar-refractivity contribution in [1.82, 2.24) is 14.9 Å². The molecule has 12 nitrogen and oxygen atoms in total. The van der Waals surface area contributed by atoms with E-state index in [2.05, 4.69) is 10.3 Å². The van der Waals surface area contributed by atoms with Crippen molar-refractivity contribution in [1.29, 1.82) is 0 Å². The number of nitrogen functional groups attached to an aromatic ring is 1. The number of carbonyl (C=O) groups is 3. The number of carbonyl (C=O) groups excluding carboxylic acids is 3. The lowest BCUT2D eigenvalue weighted by atomic mass is 10.1. The van der Waals surface area contributed by atoms with Crippen molar-refractivity contribution in [3.8, 4) is 0 Å². The van der Waals surface area contributed by atoms with Crippen LogP contribution < -0.4 is 27.2 Å². The van der Waals surface area contributed by atoms with Crippen LogP contribution in [0.15, 0.2) is 64.2 Å². The summed E-state index contributed by atoms with van der Waals surface area (Å²) in [6.45, 7) is 0.655. The van der Waals surface area contributed by atoms with Crippen LogP contribution in [0.1, 0.15) is 21.5 Å². The largest absolute Gasteiger partial charge is 0.454 e. The quantitative estimate of drug-likeness (QED) is 0.304. The molecule has 2 amide bonds. The maximum Gasteiger partial charge on any atom is 0.330 e. The van der Waals surface area contributed by atoms with Gasteiger partial charge in [0.1, 0.15) is 12.4 Å². The Morgan fingerprint density at radius 2 is 1.74 bits per heavy atom. The second-order valence-electron chi connectivity index (χ2n) is 8.31. The van der Waals surface area contributed by atoms with Gasteiger partial charge in [-0.15, -0.1) is 0 Å². The molecule has 3 aromatic rings. The highest BCUT2D eigenvalue weighted by molar-refractivity contribution is 5.98. The predicted molar refractivity (Wildman–Crippen MR) is 140 cm³/mol. The Morgan fingerprint density at radius 3 is 2.39 bits per heavy atom. The standard InChI is InChI=1S/C26H29N5O7/c1-17-8-10-19(11-9-17)24(34)28-14-21(33)38-16-20(32)30(12-13-37-2)22-23(27)31(26(36)29-25(22)35)15-18-6-4-3-5-7-18/h3-11H,12-16,27H2,1-2H3,(H,28,34)(H,29,35,36). The number of aromatic nitrogens is 2. The number of nitrogens with zero attached hydrogens (tertiary/aromatic N) is 2. The molecule has 3 rings (SSSR count). The minimum Gasteiger partial charge on any atom is -0.454 e. The molecule has 0 saturated carbocycles. The van der Waals surface area contributed by atoms with Crippen LogP contribution in [0.2, 0.25) is 0 Å². The van der Waals surface area contributed by atoms with Gasteiger partial charge in [0.15, 0.2) is 12.3 Å². The normalized spacial score (nSPS) is 10.6. The first kappa shape index (κ1) is 27.9. The van der Waals surface area contributed by atoms with E-state index in [0.29, 0.717) is 5.56 Å². The molecule has 1 heterocycles. The number of amides is 2. The topological polar surface area (TPSA) is 166 Å². The van der Waals surface area contributed by atoms with Gasteiger partial charge >= 0.3 is 11.7 Å². The van der Waals surface area contributed by atoms with Crippen LogP contribution in [-0.4, -0.2) is 60.7 Å². The maximum absolute atomic E-state index is 13.0. The van der Waals surface area contributed by atoms with Crippen molar-refractivity contribution in [2.24, 2.45) is 0 Å². The van der Waals surface area contributed by atoms with Gasteiger partial charge in [0, 0.05) is 19.2 Å². The van der Waals surface area contributed by atoms with Crippen molar-refractivity contribution in [3.63, 3.8) is 0 Å². The lowest BCUT2D eigenvalue weighted by molar-refractivity contribution is -0.146. The van der Waals surface area contributed by atoms with Crippen molar-refractivity contribution in [3.05, 3.63) is 92.1 Å². The summed E-state index contributed by atoms with van der Waals surface area (Å²) in [4.78, 5) is 65.7. The van der Waals surface area contributed by atoms with Crippen LogP contribution in [0.5, 0.6) is 0 Å². The zero-order chi connectivity index (χ0) is 27.7. The van der Waals surface area contributed by atoms with Gasteiger partial charge in [-0.3, -0.25) is 33.6 Å². The highest BCUT2D eigenvalue weighted by atomic mass is 16.5. The van der Waals surface area contributed by atoms with Crippen LogP contribution in [0.3, 0.4) is 0 Å². The van der Waals surface area contributed by atoms with Crippen LogP contribution in [-0.2, 0) is 25.6 Å². The number of aromatic amines is 1. The Bertz CT molecular complexity index is 1400. The number of nitrogens with one attached hydrogen (secondary N) is 2. The van der Waals surface area contributed by atoms with Crippen molar-refractivity contribution in [2.75, 3.05) is 44.0 Å². The van der Waals surface area contributed by atoms with E-state index in [1.807, 2.05) is 13.0 Å². The SMILES string of the molecule is COCCN(C(=O)COC(=O)CNC(=O)c1ccc(C)cc1)c1c(N)n(Cc2ccccc2)c(=O)[nH]c1=O. The fourth-order valence-electron chi connectivity index (χ4n) is 3.54. The van der Waals surface area contributed by atoms with Crippen LogP contribution in [0, 0.1) is 6.92 Å². The summed E-state index contributed by atoms with van der Waals surface area (Å²) in [6.07, 6.45) is 0. The smallest absolute Gasteiger partial charge is 0.330 e. The Hall–Kier alpha value is -4.71. The zero-order valence-electron chi connectivity index (χ0n) is 21.1. The molecule has 0 aliphatic rings. The van der Waals surface area contributed by atoms with E-state index in [9.17, 15) is 24.0 Å². The number of methoxy groups -OCH3 is 1. The average Bonchev–Trinajstić information content (AvgIpc) is 2.91. The molecule has 1 aromatic heterocycles. The number of esters is 1. The highest BCUT2D eigenvalue weighted by Crippen LogP contribution is 2.18. The minimum atomic E-state index is -0.877. The molecule has 0 spiro atoms. The number of nitrogens with two attached hydrogens (primary N) is 1. The third-order valence-corrected chi connectivity index (χ3v) is 5.55. The maximum atomic E-state index is 13.0. The molecule has 38 heavy (non-hydrogen) atoms. The van der Waals surface area contributed by atoms with E-state index < -0.39 is 42.2 Å².